The van der Waals surface area contributed by atoms with Gasteiger partial charge in [0.1, 0.15) is 10.7 Å². The molecule has 0 N–H and O–H groups in total. The van der Waals surface area contributed by atoms with Crippen LogP contribution in [0.15, 0.2) is 5.16 Å². The molecule has 3 heterocycles. The summed E-state index contributed by atoms with van der Waals surface area (Å²) < 4.78 is 2.23. The Morgan fingerprint density at radius 3 is 2.86 bits per heavy atom. The molecule has 1 atom stereocenters. The van der Waals surface area contributed by atoms with Crippen molar-refractivity contribution in [1.82, 2.24) is 19.6 Å². The molecule has 22 heavy (non-hydrogen) atoms. The molecule has 6 heteroatoms. The predicted octanol–water partition coefficient (Wildman–Crippen LogP) is 4.06. The van der Waals surface area contributed by atoms with E-state index in [4.69, 9.17) is 4.98 Å². The Bertz CT molecular complexity index is 891. The molecule has 1 fully saturated rings. The summed E-state index contributed by atoms with van der Waals surface area (Å²) in [6.07, 6.45) is 8.22. The first kappa shape index (κ1) is 13.3. The van der Waals surface area contributed by atoms with Crippen LogP contribution in [-0.4, -0.2) is 25.8 Å². The molecule has 5 rings (SSSR count). The van der Waals surface area contributed by atoms with E-state index in [1.807, 2.05) is 11.3 Å². The van der Waals surface area contributed by atoms with Gasteiger partial charge < -0.3 is 0 Å². The number of aromatic nitrogens is 4. The molecule has 0 unspecified atom stereocenters. The number of nitrogens with zero attached hydrogens (tertiary/aromatic N) is 4. The molecule has 4 nitrogen and oxygen atoms in total. The predicted molar refractivity (Wildman–Crippen MR) is 91.1 cm³/mol. The van der Waals surface area contributed by atoms with Crippen molar-refractivity contribution in [2.45, 2.75) is 50.1 Å². The SMILES string of the molecule is CSc1nnc2c3c4c(sc3nc(C3CC3)n12)C[C@H](C)CC4. The fraction of sp³-hybridized carbons (Fsp3) is 0.562. The van der Waals surface area contributed by atoms with E-state index in [9.17, 15) is 0 Å². The first-order chi connectivity index (χ1) is 10.8. The van der Waals surface area contributed by atoms with Crippen molar-refractivity contribution in [3.05, 3.63) is 16.3 Å². The summed E-state index contributed by atoms with van der Waals surface area (Å²) >= 11 is 3.56. The summed E-state index contributed by atoms with van der Waals surface area (Å²) in [5.41, 5.74) is 2.54. The second-order valence-electron chi connectivity index (χ2n) is 6.62. The lowest BCUT2D eigenvalue weighted by Crippen LogP contribution is -2.09. The van der Waals surface area contributed by atoms with Gasteiger partial charge in [-0.3, -0.25) is 4.40 Å². The van der Waals surface area contributed by atoms with Crippen LogP contribution in [0.25, 0.3) is 15.9 Å². The fourth-order valence-electron chi connectivity index (χ4n) is 3.59. The Morgan fingerprint density at radius 2 is 2.09 bits per heavy atom. The Labute approximate surface area is 137 Å². The monoisotopic (exact) mass is 330 g/mol. The Kier molecular flexibility index (Phi) is 2.83. The maximum absolute atomic E-state index is 5.06. The minimum Gasteiger partial charge on any atom is -0.257 e. The molecule has 0 aromatic carbocycles. The third kappa shape index (κ3) is 1.80. The average Bonchev–Trinajstić information content (AvgIpc) is 3.17. The van der Waals surface area contributed by atoms with Gasteiger partial charge in [-0.1, -0.05) is 18.7 Å². The number of hydrogen-bond donors (Lipinski definition) is 0. The van der Waals surface area contributed by atoms with Crippen molar-refractivity contribution in [1.29, 1.82) is 0 Å². The van der Waals surface area contributed by atoms with Gasteiger partial charge >= 0.3 is 0 Å². The van der Waals surface area contributed by atoms with E-state index in [0.29, 0.717) is 5.92 Å². The van der Waals surface area contributed by atoms with Gasteiger partial charge in [0.2, 0.25) is 0 Å². The van der Waals surface area contributed by atoms with Gasteiger partial charge in [-0.25, -0.2) is 4.98 Å². The maximum atomic E-state index is 5.06. The number of thiophene rings is 1. The van der Waals surface area contributed by atoms with Gasteiger partial charge in [-0.15, -0.1) is 21.5 Å². The van der Waals surface area contributed by atoms with Crippen LogP contribution in [0.2, 0.25) is 0 Å². The second kappa shape index (κ2) is 4.68. The van der Waals surface area contributed by atoms with Gasteiger partial charge in [0.05, 0.1) is 5.39 Å². The van der Waals surface area contributed by atoms with E-state index >= 15 is 0 Å². The van der Waals surface area contributed by atoms with E-state index in [2.05, 4.69) is 27.8 Å². The highest BCUT2D eigenvalue weighted by molar-refractivity contribution is 7.98. The summed E-state index contributed by atoms with van der Waals surface area (Å²) in [6, 6.07) is 0. The summed E-state index contributed by atoms with van der Waals surface area (Å²) in [5, 5.41) is 11.2. The minimum atomic E-state index is 0.604. The number of rotatable bonds is 2. The lowest BCUT2D eigenvalue weighted by Gasteiger charge is -2.17. The first-order valence-electron chi connectivity index (χ1n) is 7.99. The Balaban J connectivity index is 1.88. The molecule has 0 radical (unpaired) electrons. The van der Waals surface area contributed by atoms with E-state index in [1.54, 1.807) is 11.8 Å². The van der Waals surface area contributed by atoms with Crippen LogP contribution < -0.4 is 0 Å². The fourth-order valence-corrected chi connectivity index (χ4v) is 5.46. The number of hydrogen-bond acceptors (Lipinski definition) is 5. The van der Waals surface area contributed by atoms with Crippen LogP contribution in [0, 0.1) is 5.92 Å². The van der Waals surface area contributed by atoms with Gasteiger partial charge in [0.15, 0.2) is 10.8 Å². The Hall–Kier alpha value is -1.14. The molecular formula is C16H18N4S2. The molecular weight excluding hydrogens is 312 g/mol. The quantitative estimate of drug-likeness (QED) is 0.665. The topological polar surface area (TPSA) is 43.1 Å². The van der Waals surface area contributed by atoms with Crippen molar-refractivity contribution in [2.75, 3.05) is 6.26 Å². The molecule has 1 saturated carbocycles. The molecule has 2 aliphatic carbocycles. The first-order valence-corrected chi connectivity index (χ1v) is 10.0. The summed E-state index contributed by atoms with van der Waals surface area (Å²) in [5.74, 6) is 2.58. The van der Waals surface area contributed by atoms with E-state index < -0.39 is 0 Å². The third-order valence-electron chi connectivity index (χ3n) is 4.92. The molecule has 2 aliphatic rings. The van der Waals surface area contributed by atoms with Crippen LogP contribution in [0.4, 0.5) is 0 Å². The van der Waals surface area contributed by atoms with Crippen LogP contribution in [0.3, 0.4) is 0 Å². The molecule has 0 bridgehead atoms. The van der Waals surface area contributed by atoms with Crippen molar-refractivity contribution in [3.63, 3.8) is 0 Å². The smallest absolute Gasteiger partial charge is 0.196 e. The highest BCUT2D eigenvalue weighted by atomic mass is 32.2. The molecule has 0 amide bonds. The van der Waals surface area contributed by atoms with Gasteiger partial charge in [0, 0.05) is 10.8 Å². The molecule has 3 aromatic heterocycles. The number of fused-ring (bicyclic) bond motifs is 5. The van der Waals surface area contributed by atoms with Crippen LogP contribution in [0.1, 0.15) is 48.4 Å². The van der Waals surface area contributed by atoms with Crippen molar-refractivity contribution >= 4 is 39.0 Å². The number of thioether (sulfide) groups is 1. The van der Waals surface area contributed by atoms with Gasteiger partial charge in [-0.2, -0.15) is 0 Å². The maximum Gasteiger partial charge on any atom is 0.196 e. The van der Waals surface area contributed by atoms with Crippen molar-refractivity contribution in [2.24, 2.45) is 5.92 Å². The molecule has 114 valence electrons. The van der Waals surface area contributed by atoms with Gasteiger partial charge in [-0.05, 0) is 49.8 Å². The normalized spacial score (nSPS) is 21.6. The van der Waals surface area contributed by atoms with E-state index in [-0.39, 0.29) is 0 Å². The van der Waals surface area contributed by atoms with Crippen LogP contribution >= 0.6 is 23.1 Å². The molecule has 0 saturated heterocycles. The third-order valence-corrected chi connectivity index (χ3v) is 6.70. The zero-order valence-electron chi connectivity index (χ0n) is 12.8. The van der Waals surface area contributed by atoms with Crippen molar-refractivity contribution in [3.8, 4) is 0 Å². The molecule has 0 spiro atoms. The lowest BCUT2D eigenvalue weighted by atomic mass is 9.89. The largest absolute Gasteiger partial charge is 0.257 e. The molecule has 3 aromatic rings. The standard InChI is InChI=1S/C16H18N4S2/c1-8-3-6-10-11(7-8)22-15-12(10)14-18-19-16(21-2)20(14)13(17-15)9-4-5-9/h8-9H,3-7H2,1-2H3/t8-/m1/s1. The zero-order chi connectivity index (χ0) is 14.8. The van der Waals surface area contributed by atoms with Crippen molar-refractivity contribution < 1.29 is 0 Å². The van der Waals surface area contributed by atoms with E-state index in [0.717, 1.165) is 23.1 Å². The summed E-state index contributed by atoms with van der Waals surface area (Å²) in [4.78, 5) is 7.79. The van der Waals surface area contributed by atoms with Crippen LogP contribution in [0.5, 0.6) is 0 Å². The highest BCUT2D eigenvalue weighted by Crippen LogP contribution is 2.44. The highest BCUT2D eigenvalue weighted by Gasteiger charge is 2.32. The zero-order valence-corrected chi connectivity index (χ0v) is 14.4. The number of aryl methyl sites for hydroxylation is 1. The molecule has 0 aliphatic heterocycles. The lowest BCUT2D eigenvalue weighted by molar-refractivity contribution is 0.509. The summed E-state index contributed by atoms with van der Waals surface area (Å²) in [6.45, 7) is 2.36. The Morgan fingerprint density at radius 1 is 1.23 bits per heavy atom. The summed E-state index contributed by atoms with van der Waals surface area (Å²) in [7, 11) is 0. The van der Waals surface area contributed by atoms with Gasteiger partial charge in [0.25, 0.3) is 0 Å². The second-order valence-corrected chi connectivity index (χ2v) is 8.48. The van der Waals surface area contributed by atoms with E-state index in [1.165, 1.54) is 52.2 Å². The minimum absolute atomic E-state index is 0.604. The van der Waals surface area contributed by atoms with Crippen LogP contribution in [-0.2, 0) is 12.8 Å². The average molecular weight is 330 g/mol.